The third kappa shape index (κ3) is 3.56. The van der Waals surface area contributed by atoms with E-state index in [1.54, 1.807) is 0 Å². The number of benzene rings is 2. The molecule has 3 rings (SSSR count). The Balaban J connectivity index is 1.55. The predicted octanol–water partition coefficient (Wildman–Crippen LogP) is 2.96. The number of hydrogen-bond donors (Lipinski definition) is 1. The number of ether oxygens (including phenoxy) is 2. The van der Waals surface area contributed by atoms with Crippen LogP contribution in [0.25, 0.3) is 0 Å². The van der Waals surface area contributed by atoms with Crippen LogP contribution in [-0.4, -0.2) is 20.3 Å². The highest BCUT2D eigenvalue weighted by Gasteiger charge is 2.11. The smallest absolute Gasteiger partial charge is 0.122 e. The van der Waals surface area contributed by atoms with Crippen molar-refractivity contribution in [3.05, 3.63) is 59.2 Å². The quantitative estimate of drug-likeness (QED) is 0.884. The van der Waals surface area contributed by atoms with Crippen molar-refractivity contribution in [2.24, 2.45) is 0 Å². The molecule has 3 nitrogen and oxygen atoms in total. The molecule has 0 atom stereocenters. The van der Waals surface area contributed by atoms with Gasteiger partial charge in [0.05, 0.1) is 13.2 Å². The van der Waals surface area contributed by atoms with Gasteiger partial charge in [-0.1, -0.05) is 24.3 Å². The molecule has 2 aromatic rings. The summed E-state index contributed by atoms with van der Waals surface area (Å²) in [7, 11) is 1.95. The van der Waals surface area contributed by atoms with Crippen LogP contribution in [0.3, 0.4) is 0 Å². The molecular formula is C18H21NO2. The van der Waals surface area contributed by atoms with Gasteiger partial charge in [0.15, 0.2) is 0 Å². The Bertz CT molecular complexity index is 610. The molecule has 1 aliphatic rings. The van der Waals surface area contributed by atoms with E-state index < -0.39 is 0 Å². The van der Waals surface area contributed by atoms with Crippen LogP contribution < -0.4 is 14.8 Å². The van der Waals surface area contributed by atoms with E-state index >= 15 is 0 Å². The van der Waals surface area contributed by atoms with Crippen LogP contribution in [0.2, 0.25) is 0 Å². The second-order valence-electron chi connectivity index (χ2n) is 5.32. The molecule has 0 fully saturated rings. The van der Waals surface area contributed by atoms with Crippen LogP contribution in [0, 0.1) is 0 Å². The first kappa shape index (κ1) is 14.0. The molecule has 0 radical (unpaired) electrons. The molecule has 0 aromatic heterocycles. The molecular weight excluding hydrogens is 262 g/mol. The summed E-state index contributed by atoms with van der Waals surface area (Å²) < 4.78 is 11.4. The van der Waals surface area contributed by atoms with E-state index in [1.807, 2.05) is 19.2 Å². The van der Waals surface area contributed by atoms with E-state index in [4.69, 9.17) is 9.47 Å². The highest BCUT2D eigenvalue weighted by Crippen LogP contribution is 2.26. The van der Waals surface area contributed by atoms with Gasteiger partial charge < -0.3 is 14.8 Å². The van der Waals surface area contributed by atoms with Crippen LogP contribution >= 0.6 is 0 Å². The molecule has 0 unspecified atom stereocenters. The molecule has 0 spiro atoms. The average molecular weight is 283 g/mol. The molecule has 110 valence electrons. The summed E-state index contributed by atoms with van der Waals surface area (Å²) in [4.78, 5) is 0. The summed E-state index contributed by atoms with van der Waals surface area (Å²) in [6, 6.07) is 14.7. The van der Waals surface area contributed by atoms with E-state index in [0.29, 0.717) is 6.61 Å². The van der Waals surface area contributed by atoms with Crippen molar-refractivity contribution in [1.29, 1.82) is 0 Å². The van der Waals surface area contributed by atoms with Gasteiger partial charge in [-0.2, -0.15) is 0 Å². The lowest BCUT2D eigenvalue weighted by atomic mass is 10.1. The van der Waals surface area contributed by atoms with Crippen molar-refractivity contribution in [2.75, 3.05) is 20.3 Å². The third-order valence-corrected chi connectivity index (χ3v) is 3.69. The molecule has 1 heterocycles. The first-order valence-corrected chi connectivity index (χ1v) is 7.46. The minimum atomic E-state index is 0.697. The Morgan fingerprint density at radius 1 is 1.14 bits per heavy atom. The molecule has 2 aromatic carbocycles. The summed E-state index contributed by atoms with van der Waals surface area (Å²) in [5, 5.41) is 3.15. The highest BCUT2D eigenvalue weighted by atomic mass is 16.5. The minimum Gasteiger partial charge on any atom is -0.493 e. The average Bonchev–Trinajstić information content (AvgIpc) is 2.96. The maximum atomic E-state index is 5.86. The van der Waals surface area contributed by atoms with Gasteiger partial charge in [-0.05, 0) is 41.9 Å². The van der Waals surface area contributed by atoms with Crippen molar-refractivity contribution in [3.63, 3.8) is 0 Å². The van der Waals surface area contributed by atoms with Crippen LogP contribution in [0.4, 0.5) is 0 Å². The van der Waals surface area contributed by atoms with Crippen molar-refractivity contribution in [1.82, 2.24) is 5.32 Å². The molecule has 1 aliphatic heterocycles. The summed E-state index contributed by atoms with van der Waals surface area (Å²) >= 11 is 0. The summed E-state index contributed by atoms with van der Waals surface area (Å²) in [6.45, 7) is 2.37. The van der Waals surface area contributed by atoms with Gasteiger partial charge >= 0.3 is 0 Å². The Hall–Kier alpha value is -2.00. The van der Waals surface area contributed by atoms with E-state index in [2.05, 4.69) is 35.6 Å². The topological polar surface area (TPSA) is 30.5 Å². The molecule has 0 saturated heterocycles. The molecule has 0 saturated carbocycles. The Labute approximate surface area is 125 Å². The second-order valence-corrected chi connectivity index (χ2v) is 5.32. The fourth-order valence-electron chi connectivity index (χ4n) is 2.63. The molecule has 21 heavy (non-hydrogen) atoms. The molecule has 0 amide bonds. The summed E-state index contributed by atoms with van der Waals surface area (Å²) in [5.74, 6) is 1.98. The van der Waals surface area contributed by atoms with E-state index in [9.17, 15) is 0 Å². The lowest BCUT2D eigenvalue weighted by Gasteiger charge is -2.09. The number of hydrogen-bond acceptors (Lipinski definition) is 3. The zero-order valence-corrected chi connectivity index (χ0v) is 12.4. The van der Waals surface area contributed by atoms with Crippen LogP contribution in [0.1, 0.15) is 16.7 Å². The Morgan fingerprint density at radius 2 is 2.10 bits per heavy atom. The van der Waals surface area contributed by atoms with Crippen molar-refractivity contribution in [3.8, 4) is 11.5 Å². The standard InChI is InChI=1S/C18H21NO2/c1-19-13-15-3-2-4-17(12-15)20-9-7-14-5-6-18-16(11-14)8-10-21-18/h2-6,11-12,19H,7-10,13H2,1H3. The van der Waals surface area contributed by atoms with Crippen LogP contribution in [0.5, 0.6) is 11.5 Å². The molecule has 3 heteroatoms. The number of rotatable bonds is 6. The monoisotopic (exact) mass is 283 g/mol. The van der Waals surface area contributed by atoms with Crippen molar-refractivity contribution in [2.45, 2.75) is 19.4 Å². The van der Waals surface area contributed by atoms with Crippen molar-refractivity contribution >= 4 is 0 Å². The largest absolute Gasteiger partial charge is 0.493 e. The first-order chi connectivity index (χ1) is 10.3. The summed E-state index contributed by atoms with van der Waals surface area (Å²) in [5.41, 5.74) is 3.87. The van der Waals surface area contributed by atoms with Gasteiger partial charge in [0.2, 0.25) is 0 Å². The van der Waals surface area contributed by atoms with Gasteiger partial charge in [0, 0.05) is 19.4 Å². The summed E-state index contributed by atoms with van der Waals surface area (Å²) in [6.07, 6.45) is 1.94. The Kier molecular flexibility index (Phi) is 4.41. The minimum absolute atomic E-state index is 0.697. The fourth-order valence-corrected chi connectivity index (χ4v) is 2.63. The maximum Gasteiger partial charge on any atom is 0.122 e. The van der Waals surface area contributed by atoms with Gasteiger partial charge in [-0.15, -0.1) is 0 Å². The lowest BCUT2D eigenvalue weighted by molar-refractivity contribution is 0.321. The zero-order valence-electron chi connectivity index (χ0n) is 12.4. The zero-order chi connectivity index (χ0) is 14.5. The second kappa shape index (κ2) is 6.64. The highest BCUT2D eigenvalue weighted by molar-refractivity contribution is 5.39. The molecule has 1 N–H and O–H groups in total. The van der Waals surface area contributed by atoms with Gasteiger partial charge in [0.1, 0.15) is 11.5 Å². The van der Waals surface area contributed by atoms with Gasteiger partial charge in [0.25, 0.3) is 0 Å². The normalized spacial score (nSPS) is 12.8. The maximum absolute atomic E-state index is 5.86. The molecule has 0 aliphatic carbocycles. The lowest BCUT2D eigenvalue weighted by Crippen LogP contribution is -2.06. The van der Waals surface area contributed by atoms with Crippen LogP contribution in [-0.2, 0) is 19.4 Å². The number of nitrogens with one attached hydrogen (secondary N) is 1. The Morgan fingerprint density at radius 3 is 3.00 bits per heavy atom. The third-order valence-electron chi connectivity index (χ3n) is 3.69. The van der Waals surface area contributed by atoms with E-state index in [0.717, 1.165) is 37.5 Å². The first-order valence-electron chi connectivity index (χ1n) is 7.46. The van der Waals surface area contributed by atoms with Crippen LogP contribution in [0.15, 0.2) is 42.5 Å². The SMILES string of the molecule is CNCc1cccc(OCCc2ccc3c(c2)CCO3)c1. The number of fused-ring (bicyclic) bond motifs is 1. The van der Waals surface area contributed by atoms with E-state index in [-0.39, 0.29) is 0 Å². The van der Waals surface area contributed by atoms with Crippen molar-refractivity contribution < 1.29 is 9.47 Å². The molecule has 0 bridgehead atoms. The fraction of sp³-hybridized carbons (Fsp3) is 0.333. The van der Waals surface area contributed by atoms with E-state index in [1.165, 1.54) is 16.7 Å². The predicted molar refractivity (Wildman–Crippen MR) is 84.0 cm³/mol. The van der Waals surface area contributed by atoms with Gasteiger partial charge in [-0.25, -0.2) is 0 Å². The van der Waals surface area contributed by atoms with Gasteiger partial charge in [-0.3, -0.25) is 0 Å².